The summed E-state index contributed by atoms with van der Waals surface area (Å²) in [5.74, 6) is -0.443. The van der Waals surface area contributed by atoms with E-state index < -0.39 is 0 Å². The summed E-state index contributed by atoms with van der Waals surface area (Å²) in [6, 6.07) is 17.3. The van der Waals surface area contributed by atoms with Crippen molar-refractivity contribution in [1.82, 2.24) is 9.88 Å². The number of pyridine rings is 1. The summed E-state index contributed by atoms with van der Waals surface area (Å²) in [6.45, 7) is 2.45. The second-order valence-corrected chi connectivity index (χ2v) is 6.44. The maximum Gasteiger partial charge on any atom is 0.253 e. The number of aromatic nitrogens is 1. The Balaban J connectivity index is 1.54. The van der Waals surface area contributed by atoms with Crippen molar-refractivity contribution in [2.75, 3.05) is 31.1 Å². The number of amides is 1. The number of carbonyl (C=O) groups is 1. The first-order valence-electron chi connectivity index (χ1n) is 8.75. The van der Waals surface area contributed by atoms with Crippen molar-refractivity contribution >= 4 is 22.5 Å². The smallest absolute Gasteiger partial charge is 0.253 e. The van der Waals surface area contributed by atoms with Crippen LogP contribution in [0.2, 0.25) is 0 Å². The molecule has 1 aromatic heterocycles. The number of hydrogen-bond acceptors (Lipinski definition) is 4. The second-order valence-electron chi connectivity index (χ2n) is 6.44. The van der Waals surface area contributed by atoms with Crippen LogP contribution in [0.3, 0.4) is 0 Å². The number of rotatable bonds is 2. The highest BCUT2D eigenvalue weighted by Gasteiger charge is 2.23. The van der Waals surface area contributed by atoms with E-state index >= 15 is 0 Å². The average Bonchev–Trinajstić information content (AvgIpc) is 2.73. The molecule has 1 saturated heterocycles. The maximum absolute atomic E-state index is 13.1. The average molecular weight is 360 g/mol. The molecule has 27 heavy (non-hydrogen) atoms. The first kappa shape index (κ1) is 17.0. The number of fused-ring (bicyclic) bond motifs is 1. The molecule has 1 amide bonds. The largest absolute Gasteiger partial charge is 0.367 e. The molecule has 0 spiro atoms. The highest BCUT2D eigenvalue weighted by molar-refractivity contribution is 5.95. The zero-order chi connectivity index (χ0) is 18.8. The third-order valence-corrected chi connectivity index (χ3v) is 4.81. The lowest BCUT2D eigenvalue weighted by Crippen LogP contribution is -2.48. The van der Waals surface area contributed by atoms with Crippen LogP contribution in [0.4, 0.5) is 10.1 Å². The van der Waals surface area contributed by atoms with Gasteiger partial charge in [-0.3, -0.25) is 4.79 Å². The zero-order valence-corrected chi connectivity index (χ0v) is 14.6. The molecule has 0 aliphatic carbocycles. The minimum Gasteiger partial charge on any atom is -0.367 e. The lowest BCUT2D eigenvalue weighted by molar-refractivity contribution is 0.0747. The Morgan fingerprint density at radius 3 is 2.44 bits per heavy atom. The summed E-state index contributed by atoms with van der Waals surface area (Å²) in [7, 11) is 0. The normalized spacial score (nSPS) is 14.2. The van der Waals surface area contributed by atoms with Gasteiger partial charge >= 0.3 is 0 Å². The zero-order valence-electron chi connectivity index (χ0n) is 14.6. The van der Waals surface area contributed by atoms with Gasteiger partial charge < -0.3 is 9.80 Å². The van der Waals surface area contributed by atoms with E-state index in [9.17, 15) is 14.4 Å². The van der Waals surface area contributed by atoms with E-state index in [2.05, 4.69) is 16.0 Å². The molecule has 0 unspecified atom stereocenters. The van der Waals surface area contributed by atoms with Crippen molar-refractivity contribution in [3.8, 4) is 6.07 Å². The van der Waals surface area contributed by atoms with Gasteiger partial charge in [0.2, 0.25) is 0 Å². The quantitative estimate of drug-likeness (QED) is 0.704. The van der Waals surface area contributed by atoms with Gasteiger partial charge in [-0.1, -0.05) is 18.2 Å². The number of hydrogen-bond donors (Lipinski definition) is 0. The van der Waals surface area contributed by atoms with E-state index in [0.717, 1.165) is 16.6 Å². The van der Waals surface area contributed by atoms with E-state index in [0.29, 0.717) is 37.4 Å². The number of piperazine rings is 1. The van der Waals surface area contributed by atoms with Crippen LogP contribution in [-0.4, -0.2) is 42.0 Å². The molecule has 0 atom stereocenters. The van der Waals surface area contributed by atoms with Crippen LogP contribution in [0.15, 0.2) is 54.6 Å². The third-order valence-electron chi connectivity index (χ3n) is 4.81. The number of carbonyl (C=O) groups excluding carboxylic acids is 1. The molecular formula is C21H17FN4O. The van der Waals surface area contributed by atoms with Crippen LogP contribution in [0.25, 0.3) is 10.9 Å². The summed E-state index contributed by atoms with van der Waals surface area (Å²) in [6.07, 6.45) is 0. The summed E-state index contributed by atoms with van der Waals surface area (Å²) in [5, 5.41) is 10.3. The standard InChI is InChI=1S/C21H17FN4O/c22-16-7-5-15(6-8-16)21(27)26-11-9-25(10-12-26)20-13-17(14-23)24-19-4-2-1-3-18(19)20/h1-8,13H,9-12H2. The number of halogens is 1. The minimum atomic E-state index is -0.353. The number of anilines is 1. The van der Waals surface area contributed by atoms with Gasteiger partial charge in [0.25, 0.3) is 5.91 Å². The molecule has 2 aromatic carbocycles. The van der Waals surface area contributed by atoms with Crippen LogP contribution in [0.5, 0.6) is 0 Å². The predicted molar refractivity (Wildman–Crippen MR) is 101 cm³/mol. The number of nitriles is 1. The number of para-hydroxylation sites is 1. The van der Waals surface area contributed by atoms with E-state index in [1.54, 1.807) is 11.0 Å². The van der Waals surface area contributed by atoms with E-state index in [4.69, 9.17) is 0 Å². The van der Waals surface area contributed by atoms with Crippen molar-refractivity contribution in [1.29, 1.82) is 5.26 Å². The fourth-order valence-electron chi connectivity index (χ4n) is 3.40. The highest BCUT2D eigenvalue weighted by atomic mass is 19.1. The molecule has 2 heterocycles. The van der Waals surface area contributed by atoms with Crippen molar-refractivity contribution in [3.63, 3.8) is 0 Å². The lowest BCUT2D eigenvalue weighted by atomic mass is 10.1. The molecule has 0 saturated carbocycles. The Morgan fingerprint density at radius 2 is 1.74 bits per heavy atom. The molecule has 0 radical (unpaired) electrons. The van der Waals surface area contributed by atoms with Gasteiger partial charge in [-0.2, -0.15) is 5.26 Å². The molecule has 0 bridgehead atoms. The van der Waals surface area contributed by atoms with Crippen LogP contribution < -0.4 is 4.90 Å². The molecule has 3 aromatic rings. The van der Waals surface area contributed by atoms with E-state index in [1.165, 1.54) is 24.3 Å². The maximum atomic E-state index is 13.1. The second kappa shape index (κ2) is 7.04. The molecular weight excluding hydrogens is 343 g/mol. The molecule has 1 aliphatic heterocycles. The Kier molecular flexibility index (Phi) is 4.43. The topological polar surface area (TPSA) is 60.2 Å². The predicted octanol–water partition coefficient (Wildman–Crippen LogP) is 3.21. The number of nitrogens with zero attached hydrogens (tertiary/aromatic N) is 4. The molecule has 6 heteroatoms. The third kappa shape index (κ3) is 3.32. The number of benzene rings is 2. The lowest BCUT2D eigenvalue weighted by Gasteiger charge is -2.36. The van der Waals surface area contributed by atoms with Gasteiger partial charge in [0, 0.05) is 42.8 Å². The van der Waals surface area contributed by atoms with Crippen molar-refractivity contribution in [3.05, 3.63) is 71.7 Å². The summed E-state index contributed by atoms with van der Waals surface area (Å²) in [4.78, 5) is 20.9. The Bertz CT molecular complexity index is 1030. The van der Waals surface area contributed by atoms with E-state index in [-0.39, 0.29) is 11.7 Å². The summed E-state index contributed by atoms with van der Waals surface area (Å²) in [5.41, 5.74) is 2.63. The Morgan fingerprint density at radius 1 is 1.04 bits per heavy atom. The molecule has 4 rings (SSSR count). The van der Waals surface area contributed by atoms with Crippen molar-refractivity contribution in [2.45, 2.75) is 0 Å². The fourth-order valence-corrected chi connectivity index (χ4v) is 3.40. The van der Waals surface area contributed by atoms with E-state index in [1.807, 2.05) is 24.3 Å². The monoisotopic (exact) mass is 360 g/mol. The molecule has 1 aliphatic rings. The van der Waals surface area contributed by atoms with Crippen molar-refractivity contribution < 1.29 is 9.18 Å². The van der Waals surface area contributed by atoms with Gasteiger partial charge in [0.05, 0.1) is 5.52 Å². The summed E-state index contributed by atoms with van der Waals surface area (Å²) >= 11 is 0. The van der Waals surface area contributed by atoms with Gasteiger partial charge in [0.15, 0.2) is 0 Å². The van der Waals surface area contributed by atoms with Crippen LogP contribution in [0, 0.1) is 17.1 Å². The Hall–Kier alpha value is -3.46. The summed E-state index contributed by atoms with van der Waals surface area (Å²) < 4.78 is 13.1. The Labute approximate surface area is 156 Å². The van der Waals surface area contributed by atoms with Crippen LogP contribution >= 0.6 is 0 Å². The minimum absolute atomic E-state index is 0.0908. The first-order chi connectivity index (χ1) is 13.2. The molecule has 134 valence electrons. The SMILES string of the molecule is N#Cc1cc(N2CCN(C(=O)c3ccc(F)cc3)CC2)c2ccccc2n1. The van der Waals surface area contributed by atoms with Gasteiger partial charge in [-0.25, -0.2) is 9.37 Å². The highest BCUT2D eigenvalue weighted by Crippen LogP contribution is 2.27. The van der Waals surface area contributed by atoms with Gasteiger partial charge in [0.1, 0.15) is 17.6 Å². The molecule has 1 fully saturated rings. The van der Waals surface area contributed by atoms with Gasteiger partial charge in [-0.05, 0) is 36.4 Å². The van der Waals surface area contributed by atoms with Crippen LogP contribution in [-0.2, 0) is 0 Å². The molecule has 5 nitrogen and oxygen atoms in total. The van der Waals surface area contributed by atoms with Gasteiger partial charge in [-0.15, -0.1) is 0 Å². The van der Waals surface area contributed by atoms with Crippen molar-refractivity contribution in [2.24, 2.45) is 0 Å². The fraction of sp³-hybridized carbons (Fsp3) is 0.190. The molecule has 0 N–H and O–H groups in total. The first-order valence-corrected chi connectivity index (χ1v) is 8.75. The van der Waals surface area contributed by atoms with Crippen LogP contribution in [0.1, 0.15) is 16.1 Å².